The molecule has 0 atom stereocenters. The van der Waals surface area contributed by atoms with Crippen LogP contribution in [0, 0.1) is 0 Å². The Bertz CT molecular complexity index is 1010. The fraction of sp³-hybridized carbons (Fsp3) is 0.158. The summed E-state index contributed by atoms with van der Waals surface area (Å²) in [4.78, 5) is 1.91. The van der Waals surface area contributed by atoms with Gasteiger partial charge in [0.1, 0.15) is 5.70 Å². The smallest absolute Gasteiger partial charge is 0.416 e. The van der Waals surface area contributed by atoms with E-state index in [2.05, 4.69) is 5.43 Å². The van der Waals surface area contributed by atoms with Gasteiger partial charge >= 0.3 is 6.18 Å². The first-order chi connectivity index (χ1) is 12.4. The molecule has 2 aromatic carbocycles. The van der Waals surface area contributed by atoms with Crippen molar-refractivity contribution in [2.45, 2.75) is 13.1 Å². The molecule has 0 bridgehead atoms. The van der Waals surface area contributed by atoms with Gasteiger partial charge in [0.05, 0.1) is 16.9 Å². The van der Waals surface area contributed by atoms with Crippen molar-refractivity contribution in [1.82, 2.24) is 10.3 Å². The molecule has 26 heavy (non-hydrogen) atoms. The minimum absolute atomic E-state index is 0.0487. The van der Waals surface area contributed by atoms with Gasteiger partial charge in [-0.15, -0.1) is 0 Å². The summed E-state index contributed by atoms with van der Waals surface area (Å²) in [6.45, 7) is 2.60. The molecule has 0 aliphatic carbocycles. The van der Waals surface area contributed by atoms with Crippen LogP contribution in [0.5, 0.6) is 0 Å². The van der Waals surface area contributed by atoms with E-state index in [0.717, 1.165) is 28.3 Å². The maximum atomic E-state index is 12.8. The Kier molecular flexibility index (Phi) is 3.61. The molecule has 0 fully saturated rings. The van der Waals surface area contributed by atoms with Gasteiger partial charge in [-0.05, 0) is 31.2 Å². The Hall–Kier alpha value is -3.09. The fourth-order valence-corrected chi connectivity index (χ4v) is 3.20. The lowest BCUT2D eigenvalue weighted by Crippen LogP contribution is -2.40. The zero-order valence-corrected chi connectivity index (χ0v) is 13.9. The van der Waals surface area contributed by atoms with E-state index in [-0.39, 0.29) is 5.88 Å². The summed E-state index contributed by atoms with van der Waals surface area (Å²) < 4.78 is 38.3. The largest absolute Gasteiger partial charge is 0.492 e. The lowest BCUT2D eigenvalue weighted by atomic mass is 10.1. The normalized spacial score (nSPS) is 16.2. The summed E-state index contributed by atoms with van der Waals surface area (Å²) in [5, 5.41) is 14.1. The van der Waals surface area contributed by atoms with E-state index in [0.29, 0.717) is 17.9 Å². The molecule has 0 spiro atoms. The van der Waals surface area contributed by atoms with Gasteiger partial charge in [-0.1, -0.05) is 24.3 Å². The molecule has 2 aliphatic rings. The zero-order chi connectivity index (χ0) is 18.5. The molecule has 4 rings (SSSR count). The quantitative estimate of drug-likeness (QED) is 0.865. The Morgan fingerprint density at radius 2 is 1.73 bits per heavy atom. The topological polar surface area (TPSA) is 38.7 Å². The van der Waals surface area contributed by atoms with Crippen LogP contribution < -0.4 is 20.9 Å². The number of hydrogen-bond donors (Lipinski definition) is 2. The number of aliphatic hydroxyl groups is 1. The third-order valence-electron chi connectivity index (χ3n) is 4.49. The van der Waals surface area contributed by atoms with E-state index in [9.17, 15) is 18.3 Å². The van der Waals surface area contributed by atoms with Crippen molar-refractivity contribution in [3.63, 3.8) is 0 Å². The second-order valence-electron chi connectivity index (χ2n) is 6.04. The molecule has 0 unspecified atom stereocenters. The van der Waals surface area contributed by atoms with Crippen LogP contribution in [0.25, 0.3) is 11.9 Å². The van der Waals surface area contributed by atoms with Gasteiger partial charge in [0, 0.05) is 23.2 Å². The molecule has 4 nitrogen and oxygen atoms in total. The van der Waals surface area contributed by atoms with Crippen LogP contribution in [-0.4, -0.2) is 16.6 Å². The number of nitrogens with one attached hydrogen (secondary N) is 1. The van der Waals surface area contributed by atoms with Crippen molar-refractivity contribution in [2.24, 2.45) is 0 Å². The SMILES string of the molecule is CCN1C=c2ccccc2=C2NN(c3ccc(C(F)(F)F)cc3)C(O)=C21. The monoisotopic (exact) mass is 359 g/mol. The van der Waals surface area contributed by atoms with E-state index >= 15 is 0 Å². The van der Waals surface area contributed by atoms with Crippen LogP contribution in [-0.2, 0) is 6.18 Å². The number of halogens is 3. The fourth-order valence-electron chi connectivity index (χ4n) is 3.20. The van der Waals surface area contributed by atoms with Gasteiger partial charge < -0.3 is 10.0 Å². The predicted octanol–water partition coefficient (Wildman–Crippen LogP) is 2.64. The number of aliphatic hydroxyl groups excluding tert-OH is 1. The first kappa shape index (κ1) is 16.4. The van der Waals surface area contributed by atoms with E-state index in [4.69, 9.17) is 0 Å². The van der Waals surface area contributed by atoms with Crippen LogP contribution in [0.4, 0.5) is 18.9 Å². The Morgan fingerprint density at radius 1 is 1.04 bits per heavy atom. The molecule has 134 valence electrons. The first-order valence-electron chi connectivity index (χ1n) is 8.15. The van der Waals surface area contributed by atoms with Gasteiger partial charge in [0.25, 0.3) is 0 Å². The number of anilines is 1. The van der Waals surface area contributed by atoms with Gasteiger partial charge in [-0.25, -0.2) is 5.01 Å². The number of rotatable bonds is 2. The summed E-state index contributed by atoms with van der Waals surface area (Å²) in [7, 11) is 0. The summed E-state index contributed by atoms with van der Waals surface area (Å²) in [5.41, 5.74) is 4.13. The summed E-state index contributed by atoms with van der Waals surface area (Å²) in [6.07, 6.45) is -2.45. The molecular weight excluding hydrogens is 343 g/mol. The highest BCUT2D eigenvalue weighted by atomic mass is 19.4. The van der Waals surface area contributed by atoms with Crippen molar-refractivity contribution in [1.29, 1.82) is 0 Å². The van der Waals surface area contributed by atoms with Crippen molar-refractivity contribution >= 4 is 17.6 Å². The lowest BCUT2D eigenvalue weighted by molar-refractivity contribution is -0.137. The molecule has 2 heterocycles. The number of benzene rings is 2. The molecule has 0 amide bonds. The lowest BCUT2D eigenvalue weighted by Gasteiger charge is -2.23. The highest BCUT2D eigenvalue weighted by Gasteiger charge is 2.34. The van der Waals surface area contributed by atoms with Crippen LogP contribution in [0.2, 0.25) is 0 Å². The zero-order valence-electron chi connectivity index (χ0n) is 13.9. The summed E-state index contributed by atoms with van der Waals surface area (Å²) in [5.74, 6) is -0.0487. The number of nitrogens with zero attached hydrogens (tertiary/aromatic N) is 2. The van der Waals surface area contributed by atoms with Crippen LogP contribution >= 0.6 is 0 Å². The van der Waals surface area contributed by atoms with Crippen molar-refractivity contribution in [3.8, 4) is 0 Å². The highest BCUT2D eigenvalue weighted by molar-refractivity contribution is 5.75. The number of fused-ring (bicyclic) bond motifs is 2. The molecule has 0 radical (unpaired) electrons. The molecule has 0 aromatic heterocycles. The number of alkyl halides is 3. The first-order valence-corrected chi connectivity index (χ1v) is 8.15. The summed E-state index contributed by atoms with van der Waals surface area (Å²) in [6, 6.07) is 12.4. The highest BCUT2D eigenvalue weighted by Crippen LogP contribution is 2.34. The summed E-state index contributed by atoms with van der Waals surface area (Å²) >= 11 is 0. The second kappa shape index (κ2) is 5.72. The average Bonchev–Trinajstić information content (AvgIpc) is 2.98. The Labute approximate surface area is 147 Å². The third-order valence-corrected chi connectivity index (χ3v) is 4.49. The Morgan fingerprint density at radius 3 is 2.38 bits per heavy atom. The van der Waals surface area contributed by atoms with Crippen LogP contribution in [0.15, 0.2) is 60.1 Å². The predicted molar refractivity (Wildman–Crippen MR) is 92.7 cm³/mol. The molecule has 0 saturated carbocycles. The van der Waals surface area contributed by atoms with Crippen LogP contribution in [0.1, 0.15) is 12.5 Å². The number of hydrogen-bond acceptors (Lipinski definition) is 4. The second-order valence-corrected chi connectivity index (χ2v) is 6.04. The van der Waals surface area contributed by atoms with Gasteiger partial charge in [0.15, 0.2) is 0 Å². The van der Waals surface area contributed by atoms with Crippen LogP contribution in [0.3, 0.4) is 0 Å². The number of hydrazine groups is 1. The van der Waals surface area contributed by atoms with E-state index in [1.807, 2.05) is 42.3 Å². The number of likely N-dealkylation sites (N-methyl/N-ethyl adjacent to an activating group) is 1. The molecule has 0 saturated heterocycles. The maximum absolute atomic E-state index is 12.8. The minimum atomic E-state index is -4.40. The molecule has 2 aromatic rings. The van der Waals surface area contributed by atoms with E-state index in [1.54, 1.807) is 0 Å². The van der Waals surface area contributed by atoms with Gasteiger partial charge in [-0.2, -0.15) is 13.2 Å². The van der Waals surface area contributed by atoms with E-state index < -0.39 is 11.7 Å². The maximum Gasteiger partial charge on any atom is 0.416 e. The van der Waals surface area contributed by atoms with Crippen molar-refractivity contribution in [2.75, 3.05) is 11.6 Å². The van der Waals surface area contributed by atoms with Gasteiger partial charge in [-0.3, -0.25) is 5.43 Å². The van der Waals surface area contributed by atoms with E-state index in [1.165, 1.54) is 17.1 Å². The standard InChI is InChI=1S/C19H16F3N3O/c1-2-24-11-12-5-3-4-6-15(12)16-17(24)18(26)25(23-16)14-9-7-13(8-10-14)19(20,21)22/h3-11,23,26H,2H2,1H3. The van der Waals surface area contributed by atoms with Gasteiger partial charge in [0.2, 0.25) is 5.88 Å². The third kappa shape index (κ3) is 2.47. The molecule has 2 N–H and O–H groups in total. The minimum Gasteiger partial charge on any atom is -0.492 e. The molecule has 2 aliphatic heterocycles. The average molecular weight is 359 g/mol. The Balaban J connectivity index is 1.81. The van der Waals surface area contributed by atoms with Crippen molar-refractivity contribution < 1.29 is 18.3 Å². The van der Waals surface area contributed by atoms with Crippen molar-refractivity contribution in [3.05, 3.63) is 76.1 Å². The molecular formula is C19H16F3N3O. The molecule has 7 heteroatoms.